The monoisotopic (exact) mass is 522 g/mol. The molecule has 1 unspecified atom stereocenters. The van der Waals surface area contributed by atoms with Crippen LogP contribution >= 0.6 is 0 Å². The number of aromatic nitrogens is 1. The summed E-state index contributed by atoms with van der Waals surface area (Å²) < 4.78 is 7.80. The number of aliphatic hydroxyl groups excluding tert-OH is 1. The molecule has 1 fully saturated rings. The third-order valence-electron chi connectivity index (χ3n) is 7.30. The molecule has 200 valence electrons. The molecule has 0 bridgehead atoms. The molecular formula is C33H34N2O4. The molecule has 0 aliphatic carbocycles. The quantitative estimate of drug-likeness (QED) is 0.117. The minimum atomic E-state index is -0.790. The lowest BCUT2D eigenvalue weighted by Crippen LogP contribution is -2.29. The number of amides is 1. The largest absolute Gasteiger partial charge is 0.507 e. The number of carbonyl (C=O) groups excluding carboxylic acids is 2. The first-order valence-corrected chi connectivity index (χ1v) is 13.5. The maximum Gasteiger partial charge on any atom is 0.300 e. The number of ketones is 1. The van der Waals surface area contributed by atoms with Crippen LogP contribution < -0.4 is 9.64 Å². The number of Topliss-reactive ketones (excluding diaryl/α,β-unsaturated/α-hetero) is 1. The number of aliphatic hydroxyl groups is 1. The van der Waals surface area contributed by atoms with Gasteiger partial charge in [-0.25, -0.2) is 0 Å². The lowest BCUT2D eigenvalue weighted by molar-refractivity contribution is -0.132. The number of hydrogen-bond acceptors (Lipinski definition) is 4. The first kappa shape index (κ1) is 26.3. The fraction of sp³-hybridized carbons (Fsp3) is 0.273. The molecule has 1 saturated heterocycles. The van der Waals surface area contributed by atoms with Crippen LogP contribution in [0, 0.1) is 13.8 Å². The molecule has 1 aliphatic heterocycles. The van der Waals surface area contributed by atoms with Crippen LogP contribution in [0.1, 0.15) is 54.5 Å². The molecule has 1 aliphatic rings. The van der Waals surface area contributed by atoms with Crippen molar-refractivity contribution in [2.75, 3.05) is 11.5 Å². The minimum absolute atomic E-state index is 0.0760. The number of aryl methyl sites for hydroxylation is 3. The molecule has 0 radical (unpaired) electrons. The fourth-order valence-electron chi connectivity index (χ4n) is 5.48. The van der Waals surface area contributed by atoms with Gasteiger partial charge in [0.05, 0.1) is 18.2 Å². The SMILES string of the molecule is CCCCCOc1ccc(/C(O)=C2\C(=O)C(=O)N(c3cc(C)cc(C)c3)C2c2cn(C)c3ccccc23)cc1. The summed E-state index contributed by atoms with van der Waals surface area (Å²) in [5.74, 6) is -0.862. The van der Waals surface area contributed by atoms with Crippen LogP contribution in [0.5, 0.6) is 5.75 Å². The molecule has 1 N–H and O–H groups in total. The number of unbranched alkanes of at least 4 members (excludes halogenated alkanes) is 2. The van der Waals surface area contributed by atoms with Gasteiger partial charge in [0.25, 0.3) is 11.7 Å². The zero-order valence-corrected chi connectivity index (χ0v) is 22.9. The summed E-state index contributed by atoms with van der Waals surface area (Å²) in [6.45, 7) is 6.70. The Kier molecular flexibility index (Phi) is 7.29. The second kappa shape index (κ2) is 10.8. The van der Waals surface area contributed by atoms with E-state index in [1.54, 1.807) is 24.3 Å². The normalized spacial score (nSPS) is 16.8. The molecule has 1 amide bonds. The number of benzene rings is 3. The summed E-state index contributed by atoms with van der Waals surface area (Å²) in [5, 5.41) is 12.5. The molecule has 2 heterocycles. The van der Waals surface area contributed by atoms with Crippen molar-refractivity contribution in [1.29, 1.82) is 0 Å². The predicted molar refractivity (Wildman–Crippen MR) is 155 cm³/mol. The predicted octanol–water partition coefficient (Wildman–Crippen LogP) is 6.99. The first-order chi connectivity index (χ1) is 18.8. The van der Waals surface area contributed by atoms with E-state index in [4.69, 9.17) is 4.74 Å². The number of nitrogens with zero attached hydrogens (tertiary/aromatic N) is 2. The Morgan fingerprint density at radius 1 is 0.949 bits per heavy atom. The highest BCUT2D eigenvalue weighted by Gasteiger charge is 2.48. The molecule has 0 spiro atoms. The topological polar surface area (TPSA) is 71.8 Å². The van der Waals surface area contributed by atoms with Gasteiger partial charge in [-0.05, 0) is 73.9 Å². The Morgan fingerprint density at radius 2 is 1.64 bits per heavy atom. The van der Waals surface area contributed by atoms with Crippen LogP contribution in [0.2, 0.25) is 0 Å². The van der Waals surface area contributed by atoms with Crippen LogP contribution in [0.15, 0.2) is 78.5 Å². The molecular weight excluding hydrogens is 488 g/mol. The van der Waals surface area contributed by atoms with Gasteiger partial charge in [0.15, 0.2) is 0 Å². The number of anilines is 1. The van der Waals surface area contributed by atoms with Crippen molar-refractivity contribution < 1.29 is 19.4 Å². The molecule has 6 nitrogen and oxygen atoms in total. The van der Waals surface area contributed by atoms with Crippen molar-refractivity contribution in [2.24, 2.45) is 7.05 Å². The summed E-state index contributed by atoms with van der Waals surface area (Å²) in [6.07, 6.45) is 5.14. The van der Waals surface area contributed by atoms with Crippen molar-refractivity contribution in [3.63, 3.8) is 0 Å². The maximum absolute atomic E-state index is 13.6. The number of hydrogen-bond donors (Lipinski definition) is 1. The third-order valence-corrected chi connectivity index (χ3v) is 7.30. The molecule has 1 aromatic heterocycles. The van der Waals surface area contributed by atoms with Gasteiger partial charge in [-0.15, -0.1) is 0 Å². The van der Waals surface area contributed by atoms with Crippen molar-refractivity contribution in [1.82, 2.24) is 4.57 Å². The summed E-state index contributed by atoms with van der Waals surface area (Å²) >= 11 is 0. The van der Waals surface area contributed by atoms with Gasteiger partial charge in [0.1, 0.15) is 11.5 Å². The molecule has 1 atom stereocenters. The highest BCUT2D eigenvalue weighted by Crippen LogP contribution is 2.45. The molecule has 6 heteroatoms. The average molecular weight is 523 g/mol. The fourth-order valence-corrected chi connectivity index (χ4v) is 5.48. The Hall–Kier alpha value is -4.32. The van der Waals surface area contributed by atoms with Crippen molar-refractivity contribution in [3.8, 4) is 5.75 Å². The number of carbonyl (C=O) groups is 2. The lowest BCUT2D eigenvalue weighted by atomic mass is 9.94. The van der Waals surface area contributed by atoms with E-state index in [9.17, 15) is 14.7 Å². The Labute approximate surface area is 229 Å². The van der Waals surface area contributed by atoms with E-state index in [0.29, 0.717) is 23.6 Å². The second-order valence-corrected chi connectivity index (χ2v) is 10.3. The van der Waals surface area contributed by atoms with Crippen molar-refractivity contribution >= 4 is 34.0 Å². The van der Waals surface area contributed by atoms with Gasteiger partial charge < -0.3 is 14.4 Å². The zero-order valence-electron chi connectivity index (χ0n) is 22.9. The summed E-state index contributed by atoms with van der Waals surface area (Å²) in [4.78, 5) is 28.8. The van der Waals surface area contributed by atoms with E-state index < -0.39 is 17.7 Å². The van der Waals surface area contributed by atoms with Crippen LogP contribution in [0.4, 0.5) is 5.69 Å². The summed E-state index contributed by atoms with van der Waals surface area (Å²) in [7, 11) is 1.94. The molecule has 5 rings (SSSR count). The Balaban J connectivity index is 1.64. The van der Waals surface area contributed by atoms with Gasteiger partial charge in [-0.3, -0.25) is 14.5 Å². The van der Waals surface area contributed by atoms with Crippen LogP contribution in [-0.2, 0) is 16.6 Å². The summed E-state index contributed by atoms with van der Waals surface area (Å²) in [6, 6.07) is 20.0. The van der Waals surface area contributed by atoms with Gasteiger partial charge in [0, 0.05) is 41.0 Å². The second-order valence-electron chi connectivity index (χ2n) is 10.3. The van der Waals surface area contributed by atoms with E-state index in [-0.39, 0.29) is 11.3 Å². The molecule has 4 aromatic rings. The highest BCUT2D eigenvalue weighted by molar-refractivity contribution is 6.52. The minimum Gasteiger partial charge on any atom is -0.507 e. The van der Waals surface area contributed by atoms with Crippen LogP contribution in [-0.4, -0.2) is 28.0 Å². The Bertz CT molecular complexity index is 1560. The van der Waals surface area contributed by atoms with Crippen LogP contribution in [0.25, 0.3) is 16.7 Å². The number of rotatable bonds is 8. The van der Waals surface area contributed by atoms with E-state index in [0.717, 1.165) is 46.9 Å². The zero-order chi connectivity index (χ0) is 27.7. The van der Waals surface area contributed by atoms with Gasteiger partial charge in [-0.2, -0.15) is 0 Å². The average Bonchev–Trinajstić information content (AvgIpc) is 3.39. The van der Waals surface area contributed by atoms with E-state index in [1.807, 2.05) is 74.1 Å². The maximum atomic E-state index is 13.6. The molecule has 3 aromatic carbocycles. The smallest absolute Gasteiger partial charge is 0.300 e. The third kappa shape index (κ3) is 4.94. The number of fused-ring (bicyclic) bond motifs is 1. The highest BCUT2D eigenvalue weighted by atomic mass is 16.5. The lowest BCUT2D eigenvalue weighted by Gasteiger charge is -2.25. The van der Waals surface area contributed by atoms with E-state index in [1.165, 1.54) is 4.90 Å². The van der Waals surface area contributed by atoms with E-state index >= 15 is 0 Å². The molecule has 39 heavy (non-hydrogen) atoms. The number of para-hydroxylation sites is 1. The van der Waals surface area contributed by atoms with Crippen LogP contribution in [0.3, 0.4) is 0 Å². The summed E-state index contributed by atoms with van der Waals surface area (Å²) in [5.41, 5.74) is 4.89. The molecule has 0 saturated carbocycles. The van der Waals surface area contributed by atoms with Crippen molar-refractivity contribution in [3.05, 3.63) is 101 Å². The van der Waals surface area contributed by atoms with Crippen molar-refractivity contribution in [2.45, 2.75) is 46.1 Å². The van der Waals surface area contributed by atoms with Gasteiger partial charge in [-0.1, -0.05) is 44.0 Å². The Morgan fingerprint density at radius 3 is 2.33 bits per heavy atom. The first-order valence-electron chi connectivity index (χ1n) is 13.5. The van der Waals surface area contributed by atoms with Gasteiger partial charge in [0.2, 0.25) is 0 Å². The van der Waals surface area contributed by atoms with E-state index in [2.05, 4.69) is 6.92 Å². The standard InChI is InChI=1S/C33H34N2O4/c1-5-6-9-16-39-25-14-12-23(13-15-25)31(36)29-30(27-20-34(4)28-11-8-7-10-26(27)28)35(33(38)32(29)37)24-18-21(2)17-22(3)19-24/h7-8,10-15,17-20,30,36H,5-6,9,16H2,1-4H3/b31-29+. The number of ether oxygens (including phenoxy) is 1. The van der Waals surface area contributed by atoms with Gasteiger partial charge >= 0.3 is 0 Å².